The highest BCUT2D eigenvalue weighted by Gasteiger charge is 2.16. The molecule has 1 heterocycles. The minimum absolute atomic E-state index is 0.0775. The number of aryl methyl sites for hydroxylation is 1. The molecule has 0 saturated carbocycles. The Balaban J connectivity index is 2.64. The predicted molar refractivity (Wildman–Crippen MR) is 65.9 cm³/mol. The molecule has 0 unspecified atom stereocenters. The summed E-state index contributed by atoms with van der Waals surface area (Å²) in [5.74, 6) is 0. The van der Waals surface area contributed by atoms with E-state index in [1.165, 1.54) is 16.7 Å². The molecule has 0 atom stereocenters. The van der Waals surface area contributed by atoms with Crippen LogP contribution < -0.4 is 4.87 Å². The van der Waals surface area contributed by atoms with Crippen molar-refractivity contribution in [3.63, 3.8) is 0 Å². The number of thiazole rings is 1. The maximum Gasteiger partial charge on any atom is 0.307 e. The summed E-state index contributed by atoms with van der Waals surface area (Å²) in [6, 6.07) is 4.52. The SMILES string of the molecule is CCOS(=O)(=O)c1ccc2c(c1)sc(=O)n2C. The van der Waals surface area contributed by atoms with Gasteiger partial charge >= 0.3 is 4.87 Å². The fourth-order valence-electron chi connectivity index (χ4n) is 1.49. The fraction of sp³-hybridized carbons (Fsp3) is 0.300. The van der Waals surface area contributed by atoms with Gasteiger partial charge in [0.2, 0.25) is 0 Å². The van der Waals surface area contributed by atoms with Crippen LogP contribution >= 0.6 is 11.3 Å². The van der Waals surface area contributed by atoms with E-state index in [4.69, 9.17) is 4.18 Å². The Bertz CT molecular complexity index is 711. The lowest BCUT2D eigenvalue weighted by molar-refractivity contribution is 0.338. The van der Waals surface area contributed by atoms with Gasteiger partial charge in [-0.2, -0.15) is 8.42 Å². The van der Waals surface area contributed by atoms with Crippen molar-refractivity contribution in [3.05, 3.63) is 27.9 Å². The largest absolute Gasteiger partial charge is 0.307 e. The smallest absolute Gasteiger partial charge is 0.302 e. The molecule has 2 rings (SSSR count). The minimum atomic E-state index is -3.71. The first-order chi connectivity index (χ1) is 7.95. The number of fused-ring (bicyclic) bond motifs is 1. The van der Waals surface area contributed by atoms with Crippen molar-refractivity contribution < 1.29 is 12.6 Å². The molecule has 1 aromatic carbocycles. The van der Waals surface area contributed by atoms with Crippen molar-refractivity contribution in [2.45, 2.75) is 11.8 Å². The summed E-state index contributed by atoms with van der Waals surface area (Å²) in [6.07, 6.45) is 0. The standard InChI is InChI=1S/C10H11NO4S2/c1-3-15-17(13,14)7-4-5-8-9(6-7)16-10(12)11(8)2/h4-6H,3H2,1-2H3. The van der Waals surface area contributed by atoms with Gasteiger partial charge in [-0.15, -0.1) is 0 Å². The highest BCUT2D eigenvalue weighted by molar-refractivity contribution is 7.86. The molecule has 17 heavy (non-hydrogen) atoms. The highest BCUT2D eigenvalue weighted by atomic mass is 32.2. The lowest BCUT2D eigenvalue weighted by Crippen LogP contribution is -2.07. The van der Waals surface area contributed by atoms with Gasteiger partial charge in [-0.25, -0.2) is 0 Å². The molecule has 0 aliphatic heterocycles. The number of aromatic nitrogens is 1. The third-order valence-corrected chi connectivity index (χ3v) is 4.70. The molecular formula is C10H11NO4S2. The number of hydrogen-bond acceptors (Lipinski definition) is 5. The average molecular weight is 273 g/mol. The molecule has 5 nitrogen and oxygen atoms in total. The monoisotopic (exact) mass is 273 g/mol. The molecule has 92 valence electrons. The molecule has 0 bridgehead atoms. The number of hydrogen-bond donors (Lipinski definition) is 0. The molecule has 0 fully saturated rings. The van der Waals surface area contributed by atoms with Crippen LogP contribution in [0.2, 0.25) is 0 Å². The maximum absolute atomic E-state index is 11.7. The van der Waals surface area contributed by atoms with Gasteiger partial charge in [-0.1, -0.05) is 11.3 Å². The predicted octanol–water partition coefficient (Wildman–Crippen LogP) is 1.33. The van der Waals surface area contributed by atoms with E-state index >= 15 is 0 Å². The average Bonchev–Trinajstić information content (AvgIpc) is 2.54. The van der Waals surface area contributed by atoms with Crippen LogP contribution in [0.25, 0.3) is 10.2 Å². The van der Waals surface area contributed by atoms with Gasteiger partial charge < -0.3 is 4.57 Å². The molecule has 0 saturated heterocycles. The second kappa shape index (κ2) is 4.25. The summed E-state index contributed by atoms with van der Waals surface area (Å²) in [5.41, 5.74) is 0.718. The minimum Gasteiger partial charge on any atom is -0.302 e. The number of nitrogens with zero attached hydrogens (tertiary/aromatic N) is 1. The van der Waals surface area contributed by atoms with Gasteiger partial charge in [0.05, 0.1) is 21.7 Å². The third-order valence-electron chi connectivity index (χ3n) is 2.33. The summed E-state index contributed by atoms with van der Waals surface area (Å²) in [7, 11) is -2.06. The first kappa shape index (κ1) is 12.3. The van der Waals surface area contributed by atoms with Crippen LogP contribution in [0.5, 0.6) is 0 Å². The molecule has 0 aliphatic carbocycles. The lowest BCUT2D eigenvalue weighted by atomic mass is 10.3. The van der Waals surface area contributed by atoms with Crippen molar-refractivity contribution in [3.8, 4) is 0 Å². The second-order valence-electron chi connectivity index (χ2n) is 3.42. The van der Waals surface area contributed by atoms with Crippen molar-refractivity contribution in [2.75, 3.05) is 6.61 Å². The Morgan fingerprint density at radius 3 is 2.76 bits per heavy atom. The molecule has 0 amide bonds. The summed E-state index contributed by atoms with van der Waals surface area (Å²) in [6.45, 7) is 1.70. The second-order valence-corrected chi connectivity index (χ2v) is 6.03. The Hall–Kier alpha value is -1.18. The van der Waals surface area contributed by atoms with E-state index in [-0.39, 0.29) is 16.4 Å². The van der Waals surface area contributed by atoms with Crippen molar-refractivity contribution in [1.82, 2.24) is 4.57 Å². The van der Waals surface area contributed by atoms with Crippen LogP contribution in [0.15, 0.2) is 27.9 Å². The van der Waals surface area contributed by atoms with Gasteiger partial charge in [0, 0.05) is 7.05 Å². The van der Waals surface area contributed by atoms with Crippen LogP contribution in [0.4, 0.5) is 0 Å². The molecule has 1 aromatic heterocycles. The molecule has 0 spiro atoms. The first-order valence-corrected chi connectivity index (χ1v) is 7.17. The van der Waals surface area contributed by atoms with Crippen molar-refractivity contribution in [1.29, 1.82) is 0 Å². The highest BCUT2D eigenvalue weighted by Crippen LogP contribution is 2.22. The van der Waals surface area contributed by atoms with Crippen molar-refractivity contribution in [2.24, 2.45) is 7.05 Å². The van der Waals surface area contributed by atoms with Crippen LogP contribution in [-0.2, 0) is 21.3 Å². The van der Waals surface area contributed by atoms with Gasteiger partial charge in [-0.3, -0.25) is 8.98 Å². The molecule has 0 radical (unpaired) electrons. The van der Waals surface area contributed by atoms with E-state index in [0.717, 1.165) is 16.9 Å². The van der Waals surface area contributed by atoms with E-state index in [1.807, 2.05) is 0 Å². The van der Waals surface area contributed by atoms with E-state index in [2.05, 4.69) is 0 Å². The van der Waals surface area contributed by atoms with Gasteiger partial charge in [-0.05, 0) is 25.1 Å². The van der Waals surface area contributed by atoms with E-state index in [9.17, 15) is 13.2 Å². The van der Waals surface area contributed by atoms with Crippen LogP contribution in [-0.4, -0.2) is 19.6 Å². The number of rotatable bonds is 3. The topological polar surface area (TPSA) is 65.4 Å². The molecular weight excluding hydrogens is 262 g/mol. The Morgan fingerprint density at radius 2 is 2.12 bits per heavy atom. The van der Waals surface area contributed by atoms with Crippen molar-refractivity contribution >= 4 is 31.7 Å². The van der Waals surface area contributed by atoms with Crippen LogP contribution in [0, 0.1) is 0 Å². The molecule has 2 aromatic rings. The van der Waals surface area contributed by atoms with Gasteiger partial charge in [0.15, 0.2) is 0 Å². The zero-order chi connectivity index (χ0) is 12.6. The zero-order valence-electron chi connectivity index (χ0n) is 9.34. The third kappa shape index (κ3) is 2.13. The first-order valence-electron chi connectivity index (χ1n) is 4.94. The Labute approximate surface area is 102 Å². The fourth-order valence-corrected chi connectivity index (χ4v) is 3.43. The molecule has 0 aliphatic rings. The summed E-state index contributed by atoms with van der Waals surface area (Å²) in [5, 5.41) is 0. The normalized spacial score (nSPS) is 12.1. The van der Waals surface area contributed by atoms with Crippen LogP contribution in [0.3, 0.4) is 0 Å². The van der Waals surface area contributed by atoms with Gasteiger partial charge in [0.1, 0.15) is 0 Å². The summed E-state index contributed by atoms with van der Waals surface area (Å²) < 4.78 is 30.1. The van der Waals surface area contributed by atoms with E-state index in [0.29, 0.717) is 4.70 Å². The summed E-state index contributed by atoms with van der Waals surface area (Å²) in [4.78, 5) is 11.4. The summed E-state index contributed by atoms with van der Waals surface area (Å²) >= 11 is 1.01. The zero-order valence-corrected chi connectivity index (χ0v) is 11.0. The Morgan fingerprint density at radius 1 is 1.41 bits per heavy atom. The van der Waals surface area contributed by atoms with Gasteiger partial charge in [0.25, 0.3) is 10.1 Å². The Kier molecular flexibility index (Phi) is 3.07. The quantitative estimate of drug-likeness (QED) is 0.791. The molecule has 7 heteroatoms. The van der Waals surface area contributed by atoms with E-state index < -0.39 is 10.1 Å². The lowest BCUT2D eigenvalue weighted by Gasteiger charge is -2.03. The van der Waals surface area contributed by atoms with Crippen LogP contribution in [0.1, 0.15) is 6.92 Å². The molecule has 0 N–H and O–H groups in total. The number of benzene rings is 1. The maximum atomic E-state index is 11.7. The van der Waals surface area contributed by atoms with E-state index in [1.54, 1.807) is 20.0 Å².